The van der Waals surface area contributed by atoms with Crippen molar-refractivity contribution in [2.24, 2.45) is 0 Å². The summed E-state index contributed by atoms with van der Waals surface area (Å²) < 4.78 is 15.7. The van der Waals surface area contributed by atoms with Crippen LogP contribution >= 0.6 is 0 Å². The quantitative estimate of drug-likeness (QED) is 0.895. The maximum Gasteiger partial charge on any atom is 0.146 e. The van der Waals surface area contributed by atoms with Crippen molar-refractivity contribution in [3.63, 3.8) is 0 Å². The Morgan fingerprint density at radius 3 is 2.83 bits per heavy atom. The zero-order valence-corrected chi connectivity index (χ0v) is 10.9. The summed E-state index contributed by atoms with van der Waals surface area (Å²) in [6.45, 7) is 6.63. The van der Waals surface area contributed by atoms with Crippen molar-refractivity contribution in [1.82, 2.24) is 9.55 Å². The Bertz CT molecular complexity index is 532. The minimum atomic E-state index is -0.217. The molecule has 1 aromatic heterocycles. The molecule has 0 unspecified atom stereocenters. The van der Waals surface area contributed by atoms with Gasteiger partial charge in [0.2, 0.25) is 0 Å². The molecule has 4 heteroatoms. The molecule has 2 aromatic rings. The van der Waals surface area contributed by atoms with E-state index in [1.165, 1.54) is 6.07 Å². The average molecular weight is 247 g/mol. The second-order valence-corrected chi connectivity index (χ2v) is 4.72. The Labute approximate surface area is 107 Å². The molecular weight excluding hydrogens is 229 g/mol. The third kappa shape index (κ3) is 2.70. The Kier molecular flexibility index (Phi) is 3.65. The lowest BCUT2D eigenvalue weighted by molar-refractivity contribution is 0.576. The van der Waals surface area contributed by atoms with Crippen LogP contribution in [-0.2, 0) is 6.54 Å². The van der Waals surface area contributed by atoms with E-state index in [4.69, 9.17) is 0 Å². The molecule has 0 radical (unpaired) electrons. The Hall–Kier alpha value is -1.84. The lowest BCUT2D eigenvalue weighted by Crippen LogP contribution is -2.09. The van der Waals surface area contributed by atoms with Gasteiger partial charge < -0.3 is 9.88 Å². The van der Waals surface area contributed by atoms with Gasteiger partial charge in [0.15, 0.2) is 0 Å². The van der Waals surface area contributed by atoms with Gasteiger partial charge in [0.25, 0.3) is 0 Å². The van der Waals surface area contributed by atoms with E-state index >= 15 is 0 Å². The number of benzene rings is 1. The fourth-order valence-corrected chi connectivity index (χ4v) is 1.88. The van der Waals surface area contributed by atoms with E-state index in [9.17, 15) is 4.39 Å². The van der Waals surface area contributed by atoms with Crippen molar-refractivity contribution in [3.8, 4) is 0 Å². The fourth-order valence-electron chi connectivity index (χ4n) is 1.88. The van der Waals surface area contributed by atoms with E-state index in [-0.39, 0.29) is 5.82 Å². The first-order chi connectivity index (χ1) is 8.58. The number of aryl methyl sites for hydroxylation is 1. The van der Waals surface area contributed by atoms with Gasteiger partial charge in [0, 0.05) is 12.2 Å². The molecule has 0 amide bonds. The second kappa shape index (κ2) is 5.21. The molecular formula is C14H18FN3. The van der Waals surface area contributed by atoms with Gasteiger partial charge in [0.05, 0.1) is 24.3 Å². The third-order valence-electron chi connectivity index (χ3n) is 2.89. The molecule has 1 aromatic carbocycles. The highest BCUT2D eigenvalue weighted by Gasteiger charge is 2.06. The van der Waals surface area contributed by atoms with Gasteiger partial charge in [-0.15, -0.1) is 0 Å². The molecule has 0 saturated carbocycles. The molecule has 18 heavy (non-hydrogen) atoms. The van der Waals surface area contributed by atoms with Crippen LogP contribution in [0.5, 0.6) is 0 Å². The lowest BCUT2D eigenvalue weighted by atomic mass is 10.2. The van der Waals surface area contributed by atoms with Gasteiger partial charge in [-0.25, -0.2) is 9.37 Å². The number of rotatable bonds is 4. The third-order valence-corrected chi connectivity index (χ3v) is 2.89. The van der Waals surface area contributed by atoms with Crippen LogP contribution in [0.2, 0.25) is 0 Å². The maximum absolute atomic E-state index is 13.7. The van der Waals surface area contributed by atoms with Crippen molar-refractivity contribution in [1.29, 1.82) is 0 Å². The van der Waals surface area contributed by atoms with Crippen molar-refractivity contribution in [2.45, 2.75) is 33.4 Å². The monoisotopic (exact) mass is 247 g/mol. The molecule has 0 aliphatic heterocycles. The first-order valence-electron chi connectivity index (χ1n) is 6.08. The van der Waals surface area contributed by atoms with Gasteiger partial charge in [-0.05, 0) is 38.5 Å². The number of nitrogens with zero attached hydrogens (tertiary/aromatic N) is 2. The van der Waals surface area contributed by atoms with E-state index in [1.807, 2.05) is 13.0 Å². The summed E-state index contributed by atoms with van der Waals surface area (Å²) in [5, 5.41) is 3.10. The SMILES string of the molecule is Cc1ccc(NCc2cncn2C(C)C)c(F)c1. The van der Waals surface area contributed by atoms with E-state index in [1.54, 1.807) is 18.6 Å². The molecule has 0 spiro atoms. The molecule has 0 aliphatic carbocycles. The number of nitrogens with one attached hydrogen (secondary N) is 1. The van der Waals surface area contributed by atoms with Gasteiger partial charge >= 0.3 is 0 Å². The predicted octanol–water partition coefficient (Wildman–Crippen LogP) is 3.52. The summed E-state index contributed by atoms with van der Waals surface area (Å²) in [5.74, 6) is -0.217. The summed E-state index contributed by atoms with van der Waals surface area (Å²) in [6.07, 6.45) is 3.60. The summed E-state index contributed by atoms with van der Waals surface area (Å²) in [7, 11) is 0. The van der Waals surface area contributed by atoms with Crippen LogP contribution in [0, 0.1) is 12.7 Å². The molecule has 3 nitrogen and oxygen atoms in total. The van der Waals surface area contributed by atoms with Crippen LogP contribution in [0.15, 0.2) is 30.7 Å². The normalized spacial score (nSPS) is 10.9. The zero-order chi connectivity index (χ0) is 13.1. The topological polar surface area (TPSA) is 29.9 Å². The molecule has 0 aliphatic rings. The number of imidazole rings is 1. The summed E-state index contributed by atoms with van der Waals surface area (Å²) in [4.78, 5) is 4.12. The summed E-state index contributed by atoms with van der Waals surface area (Å²) in [6, 6.07) is 5.54. The predicted molar refractivity (Wildman–Crippen MR) is 71.1 cm³/mol. The Morgan fingerprint density at radius 2 is 2.17 bits per heavy atom. The molecule has 0 bridgehead atoms. The second-order valence-electron chi connectivity index (χ2n) is 4.72. The highest BCUT2D eigenvalue weighted by atomic mass is 19.1. The minimum absolute atomic E-state index is 0.217. The van der Waals surface area contributed by atoms with Crippen molar-refractivity contribution in [2.75, 3.05) is 5.32 Å². The van der Waals surface area contributed by atoms with E-state index in [0.717, 1.165) is 11.3 Å². The van der Waals surface area contributed by atoms with E-state index in [0.29, 0.717) is 18.3 Å². The van der Waals surface area contributed by atoms with Gasteiger partial charge in [-0.3, -0.25) is 0 Å². The molecule has 1 N–H and O–H groups in total. The smallest absolute Gasteiger partial charge is 0.146 e. The van der Waals surface area contributed by atoms with Crippen LogP contribution in [0.25, 0.3) is 0 Å². The molecule has 2 rings (SSSR count). The molecule has 0 fully saturated rings. The maximum atomic E-state index is 13.7. The van der Waals surface area contributed by atoms with Gasteiger partial charge in [-0.2, -0.15) is 0 Å². The number of hydrogen-bond donors (Lipinski definition) is 1. The Morgan fingerprint density at radius 1 is 1.39 bits per heavy atom. The van der Waals surface area contributed by atoms with Crippen LogP contribution in [0.3, 0.4) is 0 Å². The molecule has 1 heterocycles. The van der Waals surface area contributed by atoms with Crippen LogP contribution < -0.4 is 5.32 Å². The van der Waals surface area contributed by atoms with Gasteiger partial charge in [-0.1, -0.05) is 6.07 Å². The Balaban J connectivity index is 2.09. The molecule has 0 saturated heterocycles. The fraction of sp³-hybridized carbons (Fsp3) is 0.357. The highest BCUT2D eigenvalue weighted by Crippen LogP contribution is 2.17. The van der Waals surface area contributed by atoms with Crippen LogP contribution in [-0.4, -0.2) is 9.55 Å². The highest BCUT2D eigenvalue weighted by molar-refractivity contribution is 5.46. The molecule has 96 valence electrons. The van der Waals surface area contributed by atoms with Crippen molar-refractivity contribution >= 4 is 5.69 Å². The molecule has 0 atom stereocenters. The first-order valence-corrected chi connectivity index (χ1v) is 6.08. The van der Waals surface area contributed by atoms with Gasteiger partial charge in [0.1, 0.15) is 5.82 Å². The number of hydrogen-bond acceptors (Lipinski definition) is 2. The largest absolute Gasteiger partial charge is 0.377 e. The standard InChI is InChI=1S/C14H18FN3/c1-10(2)18-9-16-7-12(18)8-17-14-5-4-11(3)6-13(14)15/h4-7,9-10,17H,8H2,1-3H3. The zero-order valence-electron chi connectivity index (χ0n) is 10.9. The number of halogens is 1. The van der Waals surface area contributed by atoms with E-state index < -0.39 is 0 Å². The first kappa shape index (κ1) is 12.6. The summed E-state index contributed by atoms with van der Waals surface area (Å²) in [5.41, 5.74) is 2.49. The summed E-state index contributed by atoms with van der Waals surface area (Å²) >= 11 is 0. The lowest BCUT2D eigenvalue weighted by Gasteiger charge is -2.13. The average Bonchev–Trinajstić information content (AvgIpc) is 2.76. The van der Waals surface area contributed by atoms with Crippen molar-refractivity contribution < 1.29 is 4.39 Å². The van der Waals surface area contributed by atoms with E-state index in [2.05, 4.69) is 28.7 Å². The minimum Gasteiger partial charge on any atom is -0.377 e. The number of anilines is 1. The van der Waals surface area contributed by atoms with Crippen molar-refractivity contribution in [3.05, 3.63) is 47.8 Å². The van der Waals surface area contributed by atoms with Crippen LogP contribution in [0.1, 0.15) is 31.1 Å². The number of aromatic nitrogens is 2. The van der Waals surface area contributed by atoms with Crippen LogP contribution in [0.4, 0.5) is 10.1 Å².